The van der Waals surface area contributed by atoms with Gasteiger partial charge in [-0.2, -0.15) is 0 Å². The molecule has 0 saturated carbocycles. The second-order valence-electron chi connectivity index (χ2n) is 5.27. The van der Waals surface area contributed by atoms with E-state index < -0.39 is 0 Å². The Balaban J connectivity index is 1.67. The first-order valence-electron chi connectivity index (χ1n) is 7.35. The Morgan fingerprint density at radius 1 is 1.23 bits per heavy atom. The molecule has 3 rings (SSSR count). The third-order valence-electron chi connectivity index (χ3n) is 3.82. The molecule has 1 saturated heterocycles. The SMILES string of the molecule is O=C(Nc1ccc(-c2ccccc2)nn1)N1CCC[C@@H]1CO. The van der Waals surface area contributed by atoms with Crippen molar-refractivity contribution in [2.45, 2.75) is 18.9 Å². The molecular formula is C16H18N4O2. The number of likely N-dealkylation sites (tertiary alicyclic amines) is 1. The Labute approximate surface area is 128 Å². The predicted octanol–water partition coefficient (Wildman–Crippen LogP) is 2.13. The molecule has 1 atom stereocenters. The van der Waals surface area contributed by atoms with Gasteiger partial charge in [0.15, 0.2) is 5.82 Å². The van der Waals surface area contributed by atoms with Gasteiger partial charge in [0.2, 0.25) is 0 Å². The molecule has 2 aromatic rings. The summed E-state index contributed by atoms with van der Waals surface area (Å²) in [5.41, 5.74) is 1.74. The summed E-state index contributed by atoms with van der Waals surface area (Å²) in [4.78, 5) is 13.8. The summed E-state index contributed by atoms with van der Waals surface area (Å²) in [6, 6.07) is 13.0. The van der Waals surface area contributed by atoms with Crippen molar-refractivity contribution >= 4 is 11.8 Å². The number of carbonyl (C=O) groups is 1. The number of aliphatic hydroxyl groups is 1. The molecule has 1 aromatic heterocycles. The third kappa shape index (κ3) is 3.07. The van der Waals surface area contributed by atoms with Gasteiger partial charge in [-0.15, -0.1) is 10.2 Å². The molecule has 1 aliphatic heterocycles. The van der Waals surface area contributed by atoms with Crippen molar-refractivity contribution in [2.75, 3.05) is 18.5 Å². The number of benzene rings is 1. The summed E-state index contributed by atoms with van der Waals surface area (Å²) < 4.78 is 0. The zero-order valence-corrected chi connectivity index (χ0v) is 12.1. The van der Waals surface area contributed by atoms with Gasteiger partial charge in [-0.25, -0.2) is 4.79 Å². The van der Waals surface area contributed by atoms with E-state index in [0.29, 0.717) is 12.4 Å². The van der Waals surface area contributed by atoms with E-state index in [4.69, 9.17) is 0 Å². The molecule has 0 bridgehead atoms. The first-order valence-corrected chi connectivity index (χ1v) is 7.35. The molecule has 1 aromatic carbocycles. The van der Waals surface area contributed by atoms with Gasteiger partial charge in [0, 0.05) is 12.1 Å². The molecule has 114 valence electrons. The lowest BCUT2D eigenvalue weighted by molar-refractivity contribution is 0.166. The number of urea groups is 1. The average molecular weight is 298 g/mol. The summed E-state index contributed by atoms with van der Waals surface area (Å²) in [6.07, 6.45) is 1.75. The van der Waals surface area contributed by atoms with Crippen LogP contribution in [0.1, 0.15) is 12.8 Å². The van der Waals surface area contributed by atoms with Gasteiger partial charge in [0.05, 0.1) is 18.3 Å². The molecule has 2 amide bonds. The molecule has 0 aliphatic carbocycles. The highest BCUT2D eigenvalue weighted by atomic mass is 16.3. The number of hydrogen-bond acceptors (Lipinski definition) is 4. The smallest absolute Gasteiger partial charge is 0.323 e. The maximum Gasteiger partial charge on any atom is 0.323 e. The third-order valence-corrected chi connectivity index (χ3v) is 3.82. The van der Waals surface area contributed by atoms with E-state index in [2.05, 4.69) is 15.5 Å². The highest BCUT2D eigenvalue weighted by Crippen LogP contribution is 2.19. The van der Waals surface area contributed by atoms with Gasteiger partial charge in [0.25, 0.3) is 0 Å². The van der Waals surface area contributed by atoms with E-state index in [1.54, 1.807) is 11.0 Å². The Bertz CT molecular complexity index is 630. The number of hydrogen-bond donors (Lipinski definition) is 2. The van der Waals surface area contributed by atoms with Crippen LogP contribution >= 0.6 is 0 Å². The number of aromatic nitrogens is 2. The van der Waals surface area contributed by atoms with Crippen LogP contribution in [0.5, 0.6) is 0 Å². The maximum atomic E-state index is 12.2. The predicted molar refractivity (Wildman–Crippen MR) is 83.3 cm³/mol. The fraction of sp³-hybridized carbons (Fsp3) is 0.312. The molecule has 2 N–H and O–H groups in total. The average Bonchev–Trinajstić information content (AvgIpc) is 3.05. The molecule has 6 nitrogen and oxygen atoms in total. The quantitative estimate of drug-likeness (QED) is 0.910. The van der Waals surface area contributed by atoms with Crippen molar-refractivity contribution in [3.8, 4) is 11.3 Å². The summed E-state index contributed by atoms with van der Waals surface area (Å²) >= 11 is 0. The van der Waals surface area contributed by atoms with Crippen LogP contribution in [0.3, 0.4) is 0 Å². The fourth-order valence-corrected chi connectivity index (χ4v) is 2.64. The van der Waals surface area contributed by atoms with Gasteiger partial charge in [-0.1, -0.05) is 30.3 Å². The topological polar surface area (TPSA) is 78.4 Å². The van der Waals surface area contributed by atoms with E-state index in [9.17, 15) is 9.90 Å². The van der Waals surface area contributed by atoms with E-state index in [0.717, 1.165) is 24.1 Å². The van der Waals surface area contributed by atoms with Crippen LogP contribution in [-0.2, 0) is 0 Å². The maximum absolute atomic E-state index is 12.2. The Kier molecular flexibility index (Phi) is 4.29. The zero-order valence-electron chi connectivity index (χ0n) is 12.1. The lowest BCUT2D eigenvalue weighted by Crippen LogP contribution is -2.40. The minimum absolute atomic E-state index is 0.00789. The monoisotopic (exact) mass is 298 g/mol. The van der Waals surface area contributed by atoms with Gasteiger partial charge in [-0.05, 0) is 25.0 Å². The minimum Gasteiger partial charge on any atom is -0.394 e. The number of rotatable bonds is 3. The lowest BCUT2D eigenvalue weighted by atomic mass is 10.1. The normalized spacial score (nSPS) is 17.5. The highest BCUT2D eigenvalue weighted by molar-refractivity contribution is 5.88. The van der Waals surface area contributed by atoms with Gasteiger partial charge in [0.1, 0.15) is 0 Å². The van der Waals surface area contributed by atoms with Crippen LogP contribution in [0.4, 0.5) is 10.6 Å². The van der Waals surface area contributed by atoms with Gasteiger partial charge >= 0.3 is 6.03 Å². The van der Waals surface area contributed by atoms with E-state index >= 15 is 0 Å². The molecule has 22 heavy (non-hydrogen) atoms. The second kappa shape index (κ2) is 6.53. The summed E-state index contributed by atoms with van der Waals surface area (Å²) in [5.74, 6) is 0.410. The number of carbonyl (C=O) groups excluding carboxylic acids is 1. The van der Waals surface area contributed by atoms with Gasteiger partial charge < -0.3 is 10.0 Å². The standard InChI is InChI=1S/C16H18N4O2/c21-11-13-7-4-10-20(13)16(22)17-15-9-8-14(18-19-15)12-5-2-1-3-6-12/h1-3,5-6,8-9,13,21H,4,7,10-11H2,(H,17,19,22)/t13-/m1/s1. The highest BCUT2D eigenvalue weighted by Gasteiger charge is 2.28. The minimum atomic E-state index is -0.238. The first-order chi connectivity index (χ1) is 10.8. The van der Waals surface area contributed by atoms with Crippen molar-refractivity contribution < 1.29 is 9.90 Å². The van der Waals surface area contributed by atoms with Crippen molar-refractivity contribution in [3.05, 3.63) is 42.5 Å². The van der Waals surface area contributed by atoms with E-state index in [-0.39, 0.29) is 18.7 Å². The van der Waals surface area contributed by atoms with Crippen LogP contribution in [0.2, 0.25) is 0 Å². The van der Waals surface area contributed by atoms with Crippen molar-refractivity contribution in [2.24, 2.45) is 0 Å². The van der Waals surface area contributed by atoms with Crippen LogP contribution < -0.4 is 5.32 Å². The molecule has 6 heteroatoms. The first kappa shape index (κ1) is 14.5. The van der Waals surface area contributed by atoms with Crippen LogP contribution in [-0.4, -0.2) is 45.4 Å². The van der Waals surface area contributed by atoms with E-state index in [1.165, 1.54) is 0 Å². The fourth-order valence-electron chi connectivity index (χ4n) is 2.64. The number of anilines is 1. The van der Waals surface area contributed by atoms with Crippen LogP contribution in [0, 0.1) is 0 Å². The Morgan fingerprint density at radius 2 is 2.05 bits per heavy atom. The summed E-state index contributed by atoms with van der Waals surface area (Å²) in [5, 5.41) is 20.2. The molecule has 1 fully saturated rings. The summed E-state index contributed by atoms with van der Waals surface area (Å²) in [6.45, 7) is 0.651. The van der Waals surface area contributed by atoms with Crippen LogP contribution in [0.15, 0.2) is 42.5 Å². The van der Waals surface area contributed by atoms with Gasteiger partial charge in [-0.3, -0.25) is 5.32 Å². The number of nitrogens with one attached hydrogen (secondary N) is 1. The van der Waals surface area contributed by atoms with E-state index in [1.807, 2.05) is 36.4 Å². The molecule has 0 unspecified atom stereocenters. The Morgan fingerprint density at radius 3 is 2.73 bits per heavy atom. The van der Waals surface area contributed by atoms with Crippen LogP contribution in [0.25, 0.3) is 11.3 Å². The molecule has 2 heterocycles. The Hall–Kier alpha value is -2.47. The number of amides is 2. The molecule has 0 spiro atoms. The van der Waals surface area contributed by atoms with Crippen molar-refractivity contribution in [3.63, 3.8) is 0 Å². The number of nitrogens with zero attached hydrogens (tertiary/aromatic N) is 3. The van der Waals surface area contributed by atoms with Crippen molar-refractivity contribution in [1.29, 1.82) is 0 Å². The van der Waals surface area contributed by atoms with Crippen molar-refractivity contribution in [1.82, 2.24) is 15.1 Å². The molecular weight excluding hydrogens is 280 g/mol. The second-order valence-corrected chi connectivity index (χ2v) is 5.27. The summed E-state index contributed by atoms with van der Waals surface area (Å²) in [7, 11) is 0. The lowest BCUT2D eigenvalue weighted by Gasteiger charge is -2.22. The largest absolute Gasteiger partial charge is 0.394 e. The zero-order chi connectivity index (χ0) is 15.4. The molecule has 1 aliphatic rings. The number of aliphatic hydroxyl groups excluding tert-OH is 1. The molecule has 0 radical (unpaired) electrons.